The molecule has 0 radical (unpaired) electrons. The van der Waals surface area contributed by atoms with E-state index in [9.17, 15) is 0 Å². The Bertz CT molecular complexity index is 406. The topological polar surface area (TPSA) is 3.24 Å². The minimum atomic E-state index is 0.791. The summed E-state index contributed by atoms with van der Waals surface area (Å²) >= 11 is 5.31. The fourth-order valence-electron chi connectivity index (χ4n) is 1.75. The van der Waals surface area contributed by atoms with E-state index in [4.69, 9.17) is 12.2 Å². The molecule has 0 bridgehead atoms. The average molecular weight is 215 g/mol. The van der Waals surface area contributed by atoms with Crippen molar-refractivity contribution < 1.29 is 0 Å². The number of nitrogens with zero attached hydrogens (tertiary/aromatic N) is 1. The van der Waals surface area contributed by atoms with Crippen LogP contribution in [0.2, 0.25) is 0 Å². The second-order valence-electron chi connectivity index (χ2n) is 3.45. The minimum absolute atomic E-state index is 0.791. The Morgan fingerprint density at radius 1 is 1.33 bits per heavy atom. The predicted molar refractivity (Wildman–Crippen MR) is 68.5 cm³/mol. The molecule has 0 spiro atoms. The number of thiocarbonyl (C=S) groups is 1. The van der Waals surface area contributed by atoms with Crippen molar-refractivity contribution in [2.24, 2.45) is 0 Å². The van der Waals surface area contributed by atoms with Gasteiger partial charge in [0, 0.05) is 18.7 Å². The molecule has 0 unspecified atom stereocenters. The highest BCUT2D eigenvalue weighted by molar-refractivity contribution is 7.80. The van der Waals surface area contributed by atoms with Gasteiger partial charge in [-0.3, -0.25) is 0 Å². The second-order valence-corrected chi connectivity index (χ2v) is 3.92. The summed E-state index contributed by atoms with van der Waals surface area (Å²) in [5.74, 6) is 0. The SMILES string of the molecule is C=CCN1C(=S)CC=C1c1ccccc1. The van der Waals surface area contributed by atoms with Crippen molar-refractivity contribution in [3.05, 3.63) is 54.6 Å². The Labute approximate surface area is 95.7 Å². The molecule has 0 amide bonds. The summed E-state index contributed by atoms with van der Waals surface area (Å²) in [7, 11) is 0. The van der Waals surface area contributed by atoms with Crippen molar-refractivity contribution in [1.29, 1.82) is 0 Å². The zero-order valence-electron chi connectivity index (χ0n) is 8.52. The molecular weight excluding hydrogens is 202 g/mol. The minimum Gasteiger partial charge on any atom is -0.332 e. The standard InChI is InChI=1S/C13H13NS/c1-2-10-14-12(8-9-13(14)15)11-6-4-3-5-7-11/h2-8H,1,9-10H2. The summed E-state index contributed by atoms with van der Waals surface area (Å²) in [6.45, 7) is 4.55. The van der Waals surface area contributed by atoms with Gasteiger partial charge in [-0.1, -0.05) is 54.7 Å². The number of hydrogen-bond acceptors (Lipinski definition) is 1. The van der Waals surface area contributed by atoms with Crippen molar-refractivity contribution in [2.45, 2.75) is 6.42 Å². The predicted octanol–water partition coefficient (Wildman–Crippen LogP) is 3.25. The molecule has 1 aliphatic heterocycles. The van der Waals surface area contributed by atoms with Crippen molar-refractivity contribution in [1.82, 2.24) is 4.90 Å². The van der Waals surface area contributed by atoms with Gasteiger partial charge in [0.05, 0.1) is 4.99 Å². The summed E-state index contributed by atoms with van der Waals surface area (Å²) in [4.78, 5) is 3.12. The van der Waals surface area contributed by atoms with Gasteiger partial charge < -0.3 is 4.90 Å². The Morgan fingerprint density at radius 2 is 2.07 bits per heavy atom. The maximum atomic E-state index is 5.31. The van der Waals surface area contributed by atoms with E-state index in [0.29, 0.717) is 0 Å². The van der Waals surface area contributed by atoms with Crippen molar-refractivity contribution in [3.8, 4) is 0 Å². The van der Waals surface area contributed by atoms with E-state index in [1.54, 1.807) is 0 Å². The highest BCUT2D eigenvalue weighted by Crippen LogP contribution is 2.26. The molecule has 15 heavy (non-hydrogen) atoms. The summed E-state index contributed by atoms with van der Waals surface area (Å²) in [5.41, 5.74) is 2.43. The molecule has 0 atom stereocenters. The van der Waals surface area contributed by atoms with Gasteiger partial charge in [-0.15, -0.1) is 6.58 Å². The second kappa shape index (κ2) is 4.41. The van der Waals surface area contributed by atoms with Gasteiger partial charge in [-0.05, 0) is 5.56 Å². The lowest BCUT2D eigenvalue weighted by Gasteiger charge is -2.20. The van der Waals surface area contributed by atoms with Gasteiger partial charge in [0.1, 0.15) is 0 Å². The molecule has 0 saturated heterocycles. The van der Waals surface area contributed by atoms with Crippen molar-refractivity contribution >= 4 is 22.9 Å². The quantitative estimate of drug-likeness (QED) is 0.562. The first-order valence-corrected chi connectivity index (χ1v) is 5.40. The van der Waals surface area contributed by atoms with E-state index in [2.05, 4.69) is 29.7 Å². The molecule has 0 aliphatic carbocycles. The Balaban J connectivity index is 2.29. The molecule has 0 saturated carbocycles. The van der Waals surface area contributed by atoms with Crippen LogP contribution in [0.25, 0.3) is 5.70 Å². The van der Waals surface area contributed by atoms with E-state index in [1.807, 2.05) is 24.3 Å². The van der Waals surface area contributed by atoms with Crippen LogP contribution in [0.5, 0.6) is 0 Å². The third kappa shape index (κ3) is 2.00. The van der Waals surface area contributed by atoms with E-state index in [0.717, 1.165) is 18.0 Å². The highest BCUT2D eigenvalue weighted by atomic mass is 32.1. The van der Waals surface area contributed by atoms with E-state index in [-0.39, 0.29) is 0 Å². The molecule has 0 fully saturated rings. The lowest BCUT2D eigenvalue weighted by atomic mass is 10.1. The lowest BCUT2D eigenvalue weighted by molar-refractivity contribution is 0.670. The van der Waals surface area contributed by atoms with Crippen LogP contribution in [0.1, 0.15) is 12.0 Å². The molecule has 1 aliphatic rings. The highest BCUT2D eigenvalue weighted by Gasteiger charge is 2.19. The zero-order valence-corrected chi connectivity index (χ0v) is 9.33. The van der Waals surface area contributed by atoms with Gasteiger partial charge >= 0.3 is 0 Å². The average Bonchev–Trinajstić information content (AvgIpc) is 2.63. The molecule has 1 aromatic carbocycles. The van der Waals surface area contributed by atoms with Crippen LogP contribution in [0.15, 0.2) is 49.1 Å². The van der Waals surface area contributed by atoms with Gasteiger partial charge in [-0.2, -0.15) is 0 Å². The van der Waals surface area contributed by atoms with E-state index in [1.165, 1.54) is 11.3 Å². The zero-order chi connectivity index (χ0) is 10.7. The van der Waals surface area contributed by atoms with Crippen LogP contribution in [0.3, 0.4) is 0 Å². The lowest BCUT2D eigenvalue weighted by Crippen LogP contribution is -2.23. The third-order valence-electron chi connectivity index (χ3n) is 2.44. The van der Waals surface area contributed by atoms with Crippen LogP contribution < -0.4 is 0 Å². The molecule has 0 N–H and O–H groups in total. The molecule has 2 rings (SSSR count). The van der Waals surface area contributed by atoms with Gasteiger partial charge in [0.2, 0.25) is 0 Å². The van der Waals surface area contributed by atoms with Gasteiger partial charge in [-0.25, -0.2) is 0 Å². The first-order chi connectivity index (χ1) is 7.33. The largest absolute Gasteiger partial charge is 0.332 e. The van der Waals surface area contributed by atoms with Crippen LogP contribution in [0, 0.1) is 0 Å². The number of benzene rings is 1. The monoisotopic (exact) mass is 215 g/mol. The first-order valence-electron chi connectivity index (χ1n) is 5.00. The Morgan fingerprint density at radius 3 is 2.73 bits per heavy atom. The Kier molecular flexibility index (Phi) is 2.97. The van der Waals surface area contributed by atoms with Crippen LogP contribution in [-0.4, -0.2) is 16.4 Å². The fraction of sp³-hybridized carbons (Fsp3) is 0.154. The molecule has 2 heteroatoms. The maximum absolute atomic E-state index is 5.31. The molecular formula is C13H13NS. The van der Waals surface area contributed by atoms with Crippen molar-refractivity contribution in [2.75, 3.05) is 6.54 Å². The van der Waals surface area contributed by atoms with Gasteiger partial charge in [0.25, 0.3) is 0 Å². The summed E-state index contributed by atoms with van der Waals surface area (Å²) in [6, 6.07) is 10.3. The normalized spacial score (nSPS) is 15.3. The summed E-state index contributed by atoms with van der Waals surface area (Å²) in [6.07, 6.45) is 4.93. The molecule has 0 aromatic heterocycles. The molecule has 76 valence electrons. The van der Waals surface area contributed by atoms with E-state index >= 15 is 0 Å². The maximum Gasteiger partial charge on any atom is 0.0865 e. The summed E-state index contributed by atoms with van der Waals surface area (Å²) < 4.78 is 0. The molecule has 1 aromatic rings. The third-order valence-corrected chi connectivity index (χ3v) is 2.83. The Hall–Kier alpha value is -1.41. The van der Waals surface area contributed by atoms with Crippen molar-refractivity contribution in [3.63, 3.8) is 0 Å². The first kappa shape index (κ1) is 10.1. The van der Waals surface area contributed by atoms with Crippen LogP contribution in [-0.2, 0) is 0 Å². The molecule has 1 nitrogen and oxygen atoms in total. The fourth-order valence-corrected chi connectivity index (χ4v) is 2.01. The molecule has 1 heterocycles. The number of rotatable bonds is 3. The smallest absolute Gasteiger partial charge is 0.0865 e. The van der Waals surface area contributed by atoms with Gasteiger partial charge in [0.15, 0.2) is 0 Å². The summed E-state index contributed by atoms with van der Waals surface area (Å²) in [5, 5.41) is 0. The van der Waals surface area contributed by atoms with Crippen LogP contribution in [0.4, 0.5) is 0 Å². The number of hydrogen-bond donors (Lipinski definition) is 0. The van der Waals surface area contributed by atoms with E-state index < -0.39 is 0 Å². The van der Waals surface area contributed by atoms with Crippen LogP contribution >= 0.6 is 12.2 Å².